The summed E-state index contributed by atoms with van der Waals surface area (Å²) in [6, 6.07) is 1.49. The lowest BCUT2D eigenvalue weighted by Gasteiger charge is -2.10. The first-order valence-electron chi connectivity index (χ1n) is 5.47. The summed E-state index contributed by atoms with van der Waals surface area (Å²) in [7, 11) is 0. The van der Waals surface area contributed by atoms with Crippen LogP contribution in [0, 0.1) is 21.7 Å². The second kappa shape index (κ2) is 4.60. The Balaban J connectivity index is 2.61. The summed E-state index contributed by atoms with van der Waals surface area (Å²) < 4.78 is 32.4. The highest BCUT2D eigenvalue weighted by Crippen LogP contribution is 2.30. The van der Waals surface area contributed by atoms with Crippen LogP contribution < -0.4 is 5.73 Å². The number of nitrogens with zero attached hydrogens (tertiary/aromatic N) is 3. The number of nitrogens with two attached hydrogens (primary N) is 1. The molecule has 1 aromatic heterocycles. The van der Waals surface area contributed by atoms with Crippen molar-refractivity contribution in [2.45, 2.75) is 19.4 Å². The summed E-state index contributed by atoms with van der Waals surface area (Å²) >= 11 is 0. The molecule has 0 saturated carbocycles. The van der Waals surface area contributed by atoms with Gasteiger partial charge in [0.15, 0.2) is 0 Å². The largest absolute Gasteiger partial charge is 0.337 e. The summed E-state index contributed by atoms with van der Waals surface area (Å²) in [4.78, 5) is 13.4. The van der Waals surface area contributed by atoms with E-state index in [1.165, 1.54) is 0 Å². The van der Waals surface area contributed by atoms with Gasteiger partial charge in [0.1, 0.15) is 11.4 Å². The fourth-order valence-electron chi connectivity index (χ4n) is 1.47. The van der Waals surface area contributed by atoms with Crippen molar-refractivity contribution in [1.29, 1.82) is 0 Å². The number of nitro groups is 1. The Morgan fingerprint density at radius 2 is 2.05 bits per heavy atom. The van der Waals surface area contributed by atoms with Crippen LogP contribution in [0.3, 0.4) is 0 Å². The Morgan fingerprint density at radius 1 is 1.40 bits per heavy atom. The topological polar surface area (TPSA) is 108 Å². The molecule has 2 N–H and O–H groups in total. The zero-order valence-electron chi connectivity index (χ0n) is 10.6. The van der Waals surface area contributed by atoms with Gasteiger partial charge in [0.05, 0.1) is 10.5 Å². The smallest absolute Gasteiger partial charge is 0.305 e. The van der Waals surface area contributed by atoms with Gasteiger partial charge in [-0.25, -0.2) is 4.39 Å². The van der Waals surface area contributed by atoms with Crippen LogP contribution in [-0.2, 0) is 5.54 Å². The summed E-state index contributed by atoms with van der Waals surface area (Å²) in [5.41, 5.74) is 3.11. The third-order valence-corrected chi connectivity index (χ3v) is 2.47. The first kappa shape index (κ1) is 14.0. The molecule has 0 spiro atoms. The van der Waals surface area contributed by atoms with E-state index in [9.17, 15) is 18.9 Å². The Bertz CT molecular complexity index is 679. The molecule has 2 rings (SSSR count). The van der Waals surface area contributed by atoms with Crippen LogP contribution in [-0.4, -0.2) is 15.1 Å². The fourth-order valence-corrected chi connectivity index (χ4v) is 1.47. The number of benzene rings is 1. The van der Waals surface area contributed by atoms with Crippen molar-refractivity contribution in [2.75, 3.05) is 0 Å². The summed E-state index contributed by atoms with van der Waals surface area (Å²) in [6.07, 6.45) is 0. The van der Waals surface area contributed by atoms with Gasteiger partial charge in [-0.15, -0.1) is 0 Å². The van der Waals surface area contributed by atoms with Gasteiger partial charge in [0.25, 0.3) is 0 Å². The zero-order valence-corrected chi connectivity index (χ0v) is 10.6. The molecule has 0 unspecified atom stereocenters. The predicted octanol–water partition coefficient (Wildman–Crippen LogP) is 2.12. The van der Waals surface area contributed by atoms with E-state index in [1.807, 2.05) is 0 Å². The molecule has 0 saturated heterocycles. The lowest BCUT2D eigenvalue weighted by molar-refractivity contribution is -0.387. The normalized spacial score (nSPS) is 11.7. The number of aromatic nitrogens is 2. The van der Waals surface area contributed by atoms with E-state index < -0.39 is 39.2 Å². The Labute approximate surface area is 111 Å². The molecule has 20 heavy (non-hydrogen) atoms. The van der Waals surface area contributed by atoms with Gasteiger partial charge >= 0.3 is 5.69 Å². The van der Waals surface area contributed by atoms with Crippen LogP contribution in [0.1, 0.15) is 19.7 Å². The van der Waals surface area contributed by atoms with E-state index in [4.69, 9.17) is 10.3 Å². The fraction of sp³-hybridized carbons (Fsp3) is 0.273. The molecule has 106 valence electrons. The van der Waals surface area contributed by atoms with Crippen molar-refractivity contribution in [3.63, 3.8) is 0 Å². The average molecular weight is 284 g/mol. The molecule has 9 heteroatoms. The molecule has 2 aromatic rings. The van der Waals surface area contributed by atoms with Gasteiger partial charge in [-0.05, 0) is 19.9 Å². The predicted molar refractivity (Wildman–Crippen MR) is 63.5 cm³/mol. The zero-order chi connectivity index (χ0) is 15.1. The van der Waals surface area contributed by atoms with Crippen LogP contribution in [0.4, 0.5) is 14.5 Å². The summed E-state index contributed by atoms with van der Waals surface area (Å²) in [5.74, 6) is -2.87. The minimum Gasteiger partial charge on any atom is -0.337 e. The molecule has 1 aromatic carbocycles. The van der Waals surface area contributed by atoms with E-state index in [0.717, 1.165) is 12.1 Å². The second-order valence-corrected chi connectivity index (χ2v) is 4.66. The molecule has 0 bridgehead atoms. The Morgan fingerprint density at radius 3 is 2.55 bits per heavy atom. The minimum absolute atomic E-state index is 0.0437. The molecular formula is C11H10F2N4O3. The number of halogens is 2. The molecule has 0 aliphatic carbocycles. The first-order chi connectivity index (χ1) is 9.21. The molecule has 1 heterocycles. The standard InChI is InChI=1S/C11H10F2N4O3/c1-11(2,14)10-15-9(16-20-10)7-5(12)3-4-6(8(7)13)17(18)19/h3-4H,14H2,1-2H3. The highest BCUT2D eigenvalue weighted by molar-refractivity contribution is 5.61. The van der Waals surface area contributed by atoms with E-state index in [1.54, 1.807) is 13.8 Å². The lowest BCUT2D eigenvalue weighted by atomic mass is 10.1. The average Bonchev–Trinajstić information content (AvgIpc) is 2.77. The SMILES string of the molecule is CC(C)(N)c1nc(-c2c(F)ccc([N+](=O)[O-])c2F)no1. The van der Waals surface area contributed by atoms with Crippen molar-refractivity contribution >= 4 is 5.69 Å². The monoisotopic (exact) mass is 284 g/mol. The lowest BCUT2D eigenvalue weighted by Crippen LogP contribution is -2.29. The summed E-state index contributed by atoms with van der Waals surface area (Å²) in [6.45, 7) is 3.12. The van der Waals surface area contributed by atoms with Crippen molar-refractivity contribution in [2.24, 2.45) is 5.73 Å². The van der Waals surface area contributed by atoms with Crippen LogP contribution in [0.2, 0.25) is 0 Å². The first-order valence-corrected chi connectivity index (χ1v) is 5.47. The van der Waals surface area contributed by atoms with E-state index in [0.29, 0.717) is 0 Å². The molecule has 0 aliphatic rings. The highest BCUT2D eigenvalue weighted by Gasteiger charge is 2.28. The Hall–Kier alpha value is -2.42. The van der Waals surface area contributed by atoms with Crippen LogP contribution >= 0.6 is 0 Å². The van der Waals surface area contributed by atoms with Crippen molar-refractivity contribution < 1.29 is 18.2 Å². The summed E-state index contributed by atoms with van der Waals surface area (Å²) in [5, 5.41) is 14.0. The second-order valence-electron chi connectivity index (χ2n) is 4.66. The number of hydrogen-bond acceptors (Lipinski definition) is 6. The van der Waals surface area contributed by atoms with Crippen LogP contribution in [0.25, 0.3) is 11.4 Å². The highest BCUT2D eigenvalue weighted by atomic mass is 19.1. The maximum atomic E-state index is 13.9. The van der Waals surface area contributed by atoms with Crippen LogP contribution in [0.15, 0.2) is 16.7 Å². The van der Waals surface area contributed by atoms with E-state index >= 15 is 0 Å². The van der Waals surface area contributed by atoms with E-state index in [-0.39, 0.29) is 5.89 Å². The van der Waals surface area contributed by atoms with Crippen LogP contribution in [0.5, 0.6) is 0 Å². The molecular weight excluding hydrogens is 274 g/mol. The molecule has 0 radical (unpaired) electrons. The van der Waals surface area contributed by atoms with Gasteiger partial charge in [-0.2, -0.15) is 9.37 Å². The molecule has 0 amide bonds. The number of rotatable bonds is 3. The minimum atomic E-state index is -1.36. The molecule has 0 fully saturated rings. The Kier molecular flexibility index (Phi) is 3.22. The van der Waals surface area contributed by atoms with Crippen molar-refractivity contribution in [1.82, 2.24) is 10.1 Å². The van der Waals surface area contributed by atoms with Crippen molar-refractivity contribution in [3.05, 3.63) is 39.8 Å². The van der Waals surface area contributed by atoms with Gasteiger partial charge < -0.3 is 10.3 Å². The third-order valence-electron chi connectivity index (χ3n) is 2.47. The quantitative estimate of drug-likeness (QED) is 0.683. The number of hydrogen-bond donors (Lipinski definition) is 1. The molecule has 7 nitrogen and oxygen atoms in total. The van der Waals surface area contributed by atoms with Gasteiger partial charge in [0.2, 0.25) is 17.5 Å². The van der Waals surface area contributed by atoms with Gasteiger partial charge in [0, 0.05) is 6.07 Å². The third kappa shape index (κ3) is 2.35. The maximum absolute atomic E-state index is 13.9. The van der Waals surface area contributed by atoms with E-state index in [2.05, 4.69) is 10.1 Å². The van der Waals surface area contributed by atoms with Gasteiger partial charge in [-0.1, -0.05) is 5.16 Å². The van der Waals surface area contributed by atoms with Gasteiger partial charge in [-0.3, -0.25) is 10.1 Å². The number of nitro benzene ring substituents is 1. The molecule has 0 atom stereocenters. The molecule has 0 aliphatic heterocycles. The maximum Gasteiger partial charge on any atom is 0.305 e. The van der Waals surface area contributed by atoms with Crippen molar-refractivity contribution in [3.8, 4) is 11.4 Å².